The van der Waals surface area contributed by atoms with Crippen LogP contribution in [0.1, 0.15) is 24.0 Å². The Morgan fingerprint density at radius 1 is 1.06 bits per heavy atom. The molecule has 1 N–H and O–H groups in total. The largest absolute Gasteiger partial charge is 0.370 e. The van der Waals surface area contributed by atoms with Gasteiger partial charge < -0.3 is 10.2 Å². The Morgan fingerprint density at radius 3 is 2.48 bits per heavy atom. The van der Waals surface area contributed by atoms with Gasteiger partial charge in [0.2, 0.25) is 5.91 Å². The van der Waals surface area contributed by atoms with Gasteiger partial charge in [-0.15, -0.1) is 0 Å². The summed E-state index contributed by atoms with van der Waals surface area (Å²) in [6.07, 6.45) is 3.21. The van der Waals surface area contributed by atoms with Crippen LogP contribution < -0.4 is 15.8 Å². The molecule has 1 fully saturated rings. The fraction of sp³-hybridized carbons (Fsp3) is 0.292. The third-order valence-electron chi connectivity index (χ3n) is 5.67. The maximum Gasteiger partial charge on any atom is 0.269 e. The van der Waals surface area contributed by atoms with Crippen molar-refractivity contribution in [3.63, 3.8) is 0 Å². The molecule has 1 saturated heterocycles. The topological polar surface area (TPSA) is 67.2 Å². The number of carbonyl (C=O) groups excluding carboxylic acids is 1. The molecule has 2 aromatic carbocycles. The maximum atomic E-state index is 12.6. The van der Waals surface area contributed by atoms with E-state index < -0.39 is 0 Å². The van der Waals surface area contributed by atoms with Crippen molar-refractivity contribution in [3.05, 3.63) is 93.4 Å². The summed E-state index contributed by atoms with van der Waals surface area (Å²) in [6, 6.07) is 18.9. The second-order valence-corrected chi connectivity index (χ2v) is 8.17. The van der Waals surface area contributed by atoms with Crippen LogP contribution in [0.25, 0.3) is 0 Å². The molecule has 0 aliphatic carbocycles. The highest BCUT2D eigenvalue weighted by Crippen LogP contribution is 2.22. The van der Waals surface area contributed by atoms with Gasteiger partial charge in [0.15, 0.2) is 0 Å². The summed E-state index contributed by atoms with van der Waals surface area (Å²) in [7, 11) is 0. The van der Waals surface area contributed by atoms with Crippen molar-refractivity contribution < 1.29 is 4.79 Å². The van der Waals surface area contributed by atoms with Gasteiger partial charge in [0.05, 0.1) is 18.4 Å². The van der Waals surface area contributed by atoms with E-state index in [0.717, 1.165) is 29.7 Å². The molecule has 0 atom stereocenters. The van der Waals surface area contributed by atoms with Crippen molar-refractivity contribution >= 4 is 23.2 Å². The van der Waals surface area contributed by atoms with E-state index in [1.807, 2.05) is 54.6 Å². The first kappa shape index (κ1) is 21.1. The Labute approximate surface area is 186 Å². The average Bonchev–Trinajstić information content (AvgIpc) is 2.80. The lowest BCUT2D eigenvalue weighted by atomic mass is 9.95. The van der Waals surface area contributed by atoms with Crippen LogP contribution >= 0.6 is 11.6 Å². The molecule has 1 amide bonds. The molecular formula is C24H25ClN4O2. The summed E-state index contributed by atoms with van der Waals surface area (Å²) < 4.78 is 1.47. The number of benzene rings is 2. The van der Waals surface area contributed by atoms with Gasteiger partial charge in [-0.3, -0.25) is 9.59 Å². The third-order valence-corrected chi connectivity index (χ3v) is 6.04. The minimum Gasteiger partial charge on any atom is -0.370 e. The second kappa shape index (κ2) is 9.79. The van der Waals surface area contributed by atoms with E-state index in [1.165, 1.54) is 4.68 Å². The summed E-state index contributed by atoms with van der Waals surface area (Å²) in [4.78, 5) is 27.2. The van der Waals surface area contributed by atoms with Gasteiger partial charge in [-0.05, 0) is 30.0 Å². The van der Waals surface area contributed by atoms with E-state index in [2.05, 4.69) is 15.3 Å². The van der Waals surface area contributed by atoms with E-state index in [0.29, 0.717) is 31.2 Å². The molecule has 0 spiro atoms. The molecule has 1 aromatic heterocycles. The highest BCUT2D eigenvalue weighted by atomic mass is 35.5. The van der Waals surface area contributed by atoms with Crippen LogP contribution in [0.2, 0.25) is 5.02 Å². The predicted molar refractivity (Wildman–Crippen MR) is 122 cm³/mol. The molecule has 3 aromatic rings. The normalized spacial score (nSPS) is 14.4. The quantitative estimate of drug-likeness (QED) is 0.642. The molecule has 6 nitrogen and oxygen atoms in total. The maximum absolute atomic E-state index is 12.6. The van der Waals surface area contributed by atoms with Crippen LogP contribution in [0.4, 0.5) is 5.69 Å². The average molecular weight is 437 g/mol. The van der Waals surface area contributed by atoms with Gasteiger partial charge in [-0.1, -0.05) is 60.1 Å². The number of nitrogens with zero attached hydrogens (tertiary/aromatic N) is 3. The zero-order valence-corrected chi connectivity index (χ0v) is 18.0. The van der Waals surface area contributed by atoms with Crippen molar-refractivity contribution in [2.75, 3.05) is 18.0 Å². The Morgan fingerprint density at radius 2 is 1.77 bits per heavy atom. The lowest BCUT2D eigenvalue weighted by Crippen LogP contribution is -2.41. The molecule has 0 bridgehead atoms. The first-order chi connectivity index (χ1) is 15.1. The number of carbonyl (C=O) groups is 1. The zero-order chi connectivity index (χ0) is 21.6. The number of anilines is 1. The van der Waals surface area contributed by atoms with Crippen LogP contribution in [0.15, 0.2) is 71.7 Å². The smallest absolute Gasteiger partial charge is 0.269 e. The Balaban J connectivity index is 1.31. The number of hydrogen-bond donors (Lipinski definition) is 1. The van der Waals surface area contributed by atoms with Crippen LogP contribution in [0.3, 0.4) is 0 Å². The van der Waals surface area contributed by atoms with E-state index in [1.54, 1.807) is 12.3 Å². The monoisotopic (exact) mass is 436 g/mol. The minimum atomic E-state index is -0.124. The van der Waals surface area contributed by atoms with E-state index in [9.17, 15) is 9.59 Å². The van der Waals surface area contributed by atoms with E-state index >= 15 is 0 Å². The van der Waals surface area contributed by atoms with Gasteiger partial charge in [-0.2, -0.15) is 5.10 Å². The lowest BCUT2D eigenvalue weighted by molar-refractivity contribution is -0.125. The van der Waals surface area contributed by atoms with Crippen molar-refractivity contribution in [2.45, 2.75) is 25.9 Å². The summed E-state index contributed by atoms with van der Waals surface area (Å²) in [6.45, 7) is 2.32. The van der Waals surface area contributed by atoms with Crippen LogP contribution in [0.5, 0.6) is 0 Å². The van der Waals surface area contributed by atoms with Crippen LogP contribution in [-0.4, -0.2) is 28.8 Å². The molecule has 0 unspecified atom stereocenters. The highest BCUT2D eigenvalue weighted by molar-refractivity contribution is 6.31. The van der Waals surface area contributed by atoms with E-state index in [-0.39, 0.29) is 17.4 Å². The molecule has 0 radical (unpaired) electrons. The van der Waals surface area contributed by atoms with Gasteiger partial charge in [0.25, 0.3) is 5.56 Å². The van der Waals surface area contributed by atoms with Crippen LogP contribution in [-0.2, 0) is 17.9 Å². The SMILES string of the molecule is O=C(NCc1ccccc1Cl)C1CCN(c2cnn(Cc3ccccc3)c(=O)c2)CC1. The fourth-order valence-electron chi connectivity index (χ4n) is 3.84. The molecule has 4 rings (SSSR count). The van der Waals surface area contributed by atoms with Gasteiger partial charge in [0, 0.05) is 36.6 Å². The molecule has 31 heavy (non-hydrogen) atoms. The summed E-state index contributed by atoms with van der Waals surface area (Å²) in [5, 5.41) is 8.00. The first-order valence-electron chi connectivity index (χ1n) is 10.5. The summed E-state index contributed by atoms with van der Waals surface area (Å²) >= 11 is 6.16. The first-order valence-corrected chi connectivity index (χ1v) is 10.8. The van der Waals surface area contributed by atoms with Crippen LogP contribution in [0, 0.1) is 5.92 Å². The Bertz CT molecular complexity index is 1090. The fourth-order valence-corrected chi connectivity index (χ4v) is 4.04. The number of amides is 1. The van der Waals surface area contributed by atoms with Crippen molar-refractivity contribution in [3.8, 4) is 0 Å². The molecular weight excluding hydrogens is 412 g/mol. The van der Waals surface area contributed by atoms with Gasteiger partial charge >= 0.3 is 0 Å². The number of rotatable bonds is 6. The minimum absolute atomic E-state index is 0.0369. The Kier molecular flexibility index (Phi) is 6.67. The van der Waals surface area contributed by atoms with Crippen molar-refractivity contribution in [2.24, 2.45) is 5.92 Å². The van der Waals surface area contributed by atoms with Crippen molar-refractivity contribution in [1.82, 2.24) is 15.1 Å². The highest BCUT2D eigenvalue weighted by Gasteiger charge is 2.25. The number of halogens is 1. The number of nitrogens with one attached hydrogen (secondary N) is 1. The summed E-state index contributed by atoms with van der Waals surface area (Å²) in [5.41, 5.74) is 2.63. The van der Waals surface area contributed by atoms with Crippen molar-refractivity contribution in [1.29, 1.82) is 0 Å². The molecule has 1 aliphatic heterocycles. The molecule has 7 heteroatoms. The molecule has 2 heterocycles. The van der Waals surface area contributed by atoms with Gasteiger partial charge in [0.1, 0.15) is 0 Å². The second-order valence-electron chi connectivity index (χ2n) is 7.77. The number of aromatic nitrogens is 2. The summed E-state index contributed by atoms with van der Waals surface area (Å²) in [5.74, 6) is 0.0149. The third kappa shape index (κ3) is 5.33. The molecule has 160 valence electrons. The van der Waals surface area contributed by atoms with Gasteiger partial charge in [-0.25, -0.2) is 4.68 Å². The Hall–Kier alpha value is -3.12. The number of piperidine rings is 1. The lowest BCUT2D eigenvalue weighted by Gasteiger charge is -2.32. The zero-order valence-electron chi connectivity index (χ0n) is 17.2. The molecule has 0 saturated carbocycles. The predicted octanol–water partition coefficient (Wildman–Crippen LogP) is 3.48. The number of hydrogen-bond acceptors (Lipinski definition) is 4. The standard InChI is InChI=1S/C24H25ClN4O2/c25-22-9-5-4-8-20(22)15-26-24(31)19-10-12-28(13-11-19)21-14-23(30)29(27-16-21)17-18-6-2-1-3-7-18/h1-9,14,16,19H,10-13,15,17H2,(H,26,31). The van der Waals surface area contributed by atoms with E-state index in [4.69, 9.17) is 11.6 Å². The molecule has 1 aliphatic rings.